The summed E-state index contributed by atoms with van der Waals surface area (Å²) in [5, 5.41) is 0. The number of halogens is 3. The highest BCUT2D eigenvalue weighted by Crippen LogP contribution is 2.22. The highest BCUT2D eigenvalue weighted by molar-refractivity contribution is 5.85. The standard InChI is InChI=1S/C4H7F2NO.ClH/c5-4(6)2-8-1-3(4)7;/h3H,1-2,7H2;1H. The Hall–Kier alpha value is 0.0700. The summed E-state index contributed by atoms with van der Waals surface area (Å²) in [6, 6.07) is -1.09. The first-order chi connectivity index (χ1) is 3.63. The van der Waals surface area contributed by atoms with Gasteiger partial charge in [0, 0.05) is 0 Å². The minimum atomic E-state index is -2.79. The van der Waals surface area contributed by atoms with E-state index >= 15 is 0 Å². The molecule has 1 aliphatic heterocycles. The third kappa shape index (κ3) is 1.74. The summed E-state index contributed by atoms with van der Waals surface area (Å²) in [7, 11) is 0. The summed E-state index contributed by atoms with van der Waals surface area (Å²) in [5.41, 5.74) is 4.94. The van der Waals surface area contributed by atoms with Crippen LogP contribution in [0.5, 0.6) is 0 Å². The van der Waals surface area contributed by atoms with Gasteiger partial charge in [-0.15, -0.1) is 12.4 Å². The minimum absolute atomic E-state index is 0. The topological polar surface area (TPSA) is 35.2 Å². The zero-order chi connectivity index (χ0) is 6.20. The van der Waals surface area contributed by atoms with Crippen molar-refractivity contribution >= 4 is 12.4 Å². The van der Waals surface area contributed by atoms with E-state index in [-0.39, 0.29) is 19.0 Å². The van der Waals surface area contributed by atoms with Crippen molar-refractivity contribution in [2.45, 2.75) is 12.0 Å². The summed E-state index contributed by atoms with van der Waals surface area (Å²) in [5.74, 6) is -2.79. The molecule has 0 amide bonds. The van der Waals surface area contributed by atoms with E-state index < -0.39 is 18.6 Å². The first kappa shape index (κ1) is 9.07. The monoisotopic (exact) mass is 159 g/mol. The maximum atomic E-state index is 12.1. The molecule has 1 atom stereocenters. The Morgan fingerprint density at radius 3 is 2.22 bits per heavy atom. The van der Waals surface area contributed by atoms with Gasteiger partial charge in [-0.1, -0.05) is 0 Å². The maximum absolute atomic E-state index is 12.1. The lowest BCUT2D eigenvalue weighted by Crippen LogP contribution is -2.38. The second-order valence-electron chi connectivity index (χ2n) is 1.88. The summed E-state index contributed by atoms with van der Waals surface area (Å²) in [6.07, 6.45) is 0. The van der Waals surface area contributed by atoms with Gasteiger partial charge < -0.3 is 10.5 Å². The van der Waals surface area contributed by atoms with E-state index in [1.54, 1.807) is 0 Å². The Labute approximate surface area is 57.8 Å². The molecule has 1 rings (SSSR count). The Morgan fingerprint density at radius 1 is 1.56 bits per heavy atom. The molecule has 1 fully saturated rings. The molecule has 0 aromatic carbocycles. The van der Waals surface area contributed by atoms with Crippen LogP contribution >= 0.6 is 12.4 Å². The van der Waals surface area contributed by atoms with Gasteiger partial charge in [0.15, 0.2) is 0 Å². The van der Waals surface area contributed by atoms with Crippen LogP contribution in [0.3, 0.4) is 0 Å². The Morgan fingerprint density at radius 2 is 2.11 bits per heavy atom. The van der Waals surface area contributed by atoms with E-state index in [2.05, 4.69) is 4.74 Å². The van der Waals surface area contributed by atoms with Crippen LogP contribution in [0.1, 0.15) is 0 Å². The van der Waals surface area contributed by atoms with Crippen LogP contribution in [-0.4, -0.2) is 25.2 Å². The molecule has 9 heavy (non-hydrogen) atoms. The average molecular weight is 160 g/mol. The number of hydrogen-bond acceptors (Lipinski definition) is 2. The lowest BCUT2D eigenvalue weighted by molar-refractivity contribution is -0.0166. The van der Waals surface area contributed by atoms with Gasteiger partial charge in [0.2, 0.25) is 0 Å². The molecule has 2 nitrogen and oxygen atoms in total. The summed E-state index contributed by atoms with van der Waals surface area (Å²) in [4.78, 5) is 0. The quantitative estimate of drug-likeness (QED) is 0.556. The molecule has 2 N–H and O–H groups in total. The fourth-order valence-electron chi connectivity index (χ4n) is 0.551. The molecule has 56 valence electrons. The van der Waals surface area contributed by atoms with Gasteiger partial charge in [0.05, 0.1) is 12.6 Å². The molecule has 0 aliphatic carbocycles. The maximum Gasteiger partial charge on any atom is 0.287 e. The van der Waals surface area contributed by atoms with Gasteiger partial charge in [-0.2, -0.15) is 0 Å². The minimum Gasteiger partial charge on any atom is -0.373 e. The molecule has 1 unspecified atom stereocenters. The van der Waals surface area contributed by atoms with Crippen molar-refractivity contribution in [3.63, 3.8) is 0 Å². The van der Waals surface area contributed by atoms with Gasteiger partial charge in [-0.05, 0) is 0 Å². The predicted molar refractivity (Wildman–Crippen MR) is 31.0 cm³/mol. The fourth-order valence-corrected chi connectivity index (χ4v) is 0.551. The molecule has 0 radical (unpaired) electrons. The molecule has 0 saturated carbocycles. The highest BCUT2D eigenvalue weighted by Gasteiger charge is 2.42. The van der Waals surface area contributed by atoms with Crippen LogP contribution < -0.4 is 5.73 Å². The van der Waals surface area contributed by atoms with E-state index in [9.17, 15) is 8.78 Å². The molecule has 0 spiro atoms. The summed E-state index contributed by atoms with van der Waals surface area (Å²) < 4.78 is 28.6. The van der Waals surface area contributed by atoms with Crippen molar-refractivity contribution in [2.75, 3.05) is 13.2 Å². The van der Waals surface area contributed by atoms with E-state index in [0.29, 0.717) is 0 Å². The van der Waals surface area contributed by atoms with E-state index in [0.717, 1.165) is 0 Å². The van der Waals surface area contributed by atoms with Gasteiger partial charge in [0.25, 0.3) is 5.92 Å². The van der Waals surface area contributed by atoms with Crippen LogP contribution in [0.4, 0.5) is 8.78 Å². The Bertz CT molecular complexity index is 101. The fraction of sp³-hybridized carbons (Fsp3) is 1.00. The third-order valence-corrected chi connectivity index (χ3v) is 1.13. The zero-order valence-electron chi connectivity index (χ0n) is 4.64. The molecule has 0 aromatic heterocycles. The van der Waals surface area contributed by atoms with Crippen molar-refractivity contribution in [1.82, 2.24) is 0 Å². The lowest BCUT2D eigenvalue weighted by atomic mass is 10.2. The number of nitrogens with two attached hydrogens (primary N) is 1. The van der Waals surface area contributed by atoms with Gasteiger partial charge in [-0.25, -0.2) is 8.78 Å². The average Bonchev–Trinajstić information content (AvgIpc) is 1.86. The highest BCUT2D eigenvalue weighted by atomic mass is 35.5. The van der Waals surface area contributed by atoms with Gasteiger partial charge in [-0.3, -0.25) is 0 Å². The van der Waals surface area contributed by atoms with Crippen LogP contribution in [0.25, 0.3) is 0 Å². The van der Waals surface area contributed by atoms with Crippen molar-refractivity contribution < 1.29 is 13.5 Å². The number of alkyl halides is 2. The van der Waals surface area contributed by atoms with Crippen LogP contribution in [-0.2, 0) is 4.74 Å². The molecule has 0 aromatic rings. The molecule has 1 aliphatic rings. The van der Waals surface area contributed by atoms with Crippen molar-refractivity contribution in [2.24, 2.45) is 5.73 Å². The molecular formula is C4H8ClF2NO. The first-order valence-corrected chi connectivity index (χ1v) is 2.34. The molecule has 5 heteroatoms. The molecule has 1 saturated heterocycles. The summed E-state index contributed by atoms with van der Waals surface area (Å²) >= 11 is 0. The van der Waals surface area contributed by atoms with Crippen molar-refractivity contribution in [3.05, 3.63) is 0 Å². The smallest absolute Gasteiger partial charge is 0.287 e. The number of hydrogen-bond donors (Lipinski definition) is 1. The second-order valence-corrected chi connectivity index (χ2v) is 1.88. The molecular weight excluding hydrogens is 151 g/mol. The Kier molecular flexibility index (Phi) is 2.79. The van der Waals surface area contributed by atoms with Crippen LogP contribution in [0.15, 0.2) is 0 Å². The predicted octanol–water partition coefficient (Wildman–Crippen LogP) is 0.401. The number of ether oxygens (including phenoxy) is 1. The van der Waals surface area contributed by atoms with E-state index in [1.165, 1.54) is 0 Å². The van der Waals surface area contributed by atoms with Crippen molar-refractivity contribution in [3.8, 4) is 0 Å². The second kappa shape index (κ2) is 2.77. The number of rotatable bonds is 0. The third-order valence-electron chi connectivity index (χ3n) is 1.13. The normalized spacial score (nSPS) is 31.7. The van der Waals surface area contributed by atoms with E-state index in [1.807, 2.05) is 0 Å². The van der Waals surface area contributed by atoms with Crippen LogP contribution in [0, 0.1) is 0 Å². The first-order valence-electron chi connectivity index (χ1n) is 2.34. The van der Waals surface area contributed by atoms with Gasteiger partial charge in [0.1, 0.15) is 6.61 Å². The Balaban J connectivity index is 0.000000640. The lowest BCUT2D eigenvalue weighted by Gasteiger charge is -2.09. The molecule has 0 bridgehead atoms. The SMILES string of the molecule is Cl.NC1COCC1(F)F. The van der Waals surface area contributed by atoms with Crippen molar-refractivity contribution in [1.29, 1.82) is 0 Å². The molecule has 1 heterocycles. The van der Waals surface area contributed by atoms with Crippen LogP contribution in [0.2, 0.25) is 0 Å². The zero-order valence-corrected chi connectivity index (χ0v) is 5.46. The summed E-state index contributed by atoms with van der Waals surface area (Å²) in [6.45, 7) is -0.541. The van der Waals surface area contributed by atoms with Gasteiger partial charge >= 0.3 is 0 Å². The van der Waals surface area contributed by atoms with E-state index in [4.69, 9.17) is 5.73 Å². The largest absolute Gasteiger partial charge is 0.373 e.